The van der Waals surface area contributed by atoms with E-state index in [-0.39, 0.29) is 6.04 Å². The van der Waals surface area contributed by atoms with Gasteiger partial charge in [-0.2, -0.15) is 0 Å². The molecule has 3 rings (SSSR count). The van der Waals surface area contributed by atoms with Crippen LogP contribution in [-0.4, -0.2) is 13.7 Å². The first-order valence-corrected chi connectivity index (χ1v) is 8.21. The van der Waals surface area contributed by atoms with Crippen molar-refractivity contribution < 1.29 is 8.76 Å². The summed E-state index contributed by atoms with van der Waals surface area (Å²) < 4.78 is 20.2. The SMILES string of the molecule is O=S(O)c1cccc(CNC2CCCc3cccnc32)c1. The maximum Gasteiger partial charge on any atom is 0.186 e. The summed E-state index contributed by atoms with van der Waals surface area (Å²) in [6.07, 6.45) is 5.18. The van der Waals surface area contributed by atoms with Gasteiger partial charge in [0.05, 0.1) is 16.6 Å². The molecule has 0 radical (unpaired) electrons. The number of benzene rings is 1. The highest BCUT2D eigenvalue weighted by Gasteiger charge is 2.20. The summed E-state index contributed by atoms with van der Waals surface area (Å²) in [7, 11) is 0. The van der Waals surface area contributed by atoms with Crippen molar-refractivity contribution in [2.24, 2.45) is 0 Å². The molecule has 1 aromatic heterocycles. The topological polar surface area (TPSA) is 62.2 Å². The van der Waals surface area contributed by atoms with E-state index in [9.17, 15) is 4.21 Å². The van der Waals surface area contributed by atoms with E-state index >= 15 is 0 Å². The normalized spacial score (nSPS) is 19.0. The first-order chi connectivity index (χ1) is 10.2. The second-order valence-corrected chi connectivity index (χ2v) is 6.24. The minimum atomic E-state index is -1.92. The van der Waals surface area contributed by atoms with Crippen LogP contribution in [0.3, 0.4) is 0 Å². The maximum absolute atomic E-state index is 11.1. The Morgan fingerprint density at radius 2 is 2.24 bits per heavy atom. The van der Waals surface area contributed by atoms with E-state index in [1.54, 1.807) is 12.1 Å². The summed E-state index contributed by atoms with van der Waals surface area (Å²) in [6, 6.07) is 11.6. The molecule has 1 aliphatic carbocycles. The van der Waals surface area contributed by atoms with Gasteiger partial charge in [-0.05, 0) is 48.6 Å². The predicted octanol–water partition coefficient (Wildman–Crippen LogP) is 2.83. The van der Waals surface area contributed by atoms with E-state index < -0.39 is 11.1 Å². The molecule has 21 heavy (non-hydrogen) atoms. The van der Waals surface area contributed by atoms with Crippen molar-refractivity contribution in [3.8, 4) is 0 Å². The molecular formula is C16H18N2O2S. The van der Waals surface area contributed by atoms with Crippen LogP contribution >= 0.6 is 0 Å². The summed E-state index contributed by atoms with van der Waals surface area (Å²) in [4.78, 5) is 4.95. The van der Waals surface area contributed by atoms with Crippen LogP contribution in [0.25, 0.3) is 0 Å². The number of fused-ring (bicyclic) bond motifs is 1. The van der Waals surface area contributed by atoms with Gasteiger partial charge in [0.1, 0.15) is 0 Å². The largest absolute Gasteiger partial charge is 0.305 e. The average molecular weight is 302 g/mol. The molecule has 2 aromatic rings. The van der Waals surface area contributed by atoms with Gasteiger partial charge in [-0.1, -0.05) is 18.2 Å². The molecule has 4 nitrogen and oxygen atoms in total. The molecular weight excluding hydrogens is 284 g/mol. The lowest BCUT2D eigenvalue weighted by molar-refractivity contribution is 0.447. The van der Waals surface area contributed by atoms with E-state index in [1.165, 1.54) is 5.56 Å². The van der Waals surface area contributed by atoms with Crippen LogP contribution in [0.2, 0.25) is 0 Å². The Morgan fingerprint density at radius 3 is 3.10 bits per heavy atom. The molecule has 5 heteroatoms. The second-order valence-electron chi connectivity index (χ2n) is 5.27. The van der Waals surface area contributed by atoms with Gasteiger partial charge >= 0.3 is 0 Å². The molecule has 110 valence electrons. The fraction of sp³-hybridized carbons (Fsp3) is 0.312. The molecule has 2 atom stereocenters. The van der Waals surface area contributed by atoms with Crippen LogP contribution in [0.5, 0.6) is 0 Å². The van der Waals surface area contributed by atoms with Gasteiger partial charge < -0.3 is 9.87 Å². The molecule has 1 aliphatic rings. The van der Waals surface area contributed by atoms with Crippen LogP contribution in [0.15, 0.2) is 47.5 Å². The first kappa shape index (κ1) is 14.4. The quantitative estimate of drug-likeness (QED) is 0.853. The summed E-state index contributed by atoms with van der Waals surface area (Å²) in [6.45, 7) is 0.672. The Labute approximate surface area is 126 Å². The van der Waals surface area contributed by atoms with Gasteiger partial charge in [-0.15, -0.1) is 0 Å². The van der Waals surface area contributed by atoms with E-state index in [0.29, 0.717) is 11.4 Å². The third-order valence-electron chi connectivity index (χ3n) is 3.85. The lowest BCUT2D eigenvalue weighted by atomic mass is 9.92. The number of pyridine rings is 1. The van der Waals surface area contributed by atoms with E-state index in [2.05, 4.69) is 16.4 Å². The Morgan fingerprint density at radius 1 is 1.33 bits per heavy atom. The average Bonchev–Trinajstić information content (AvgIpc) is 2.53. The fourth-order valence-electron chi connectivity index (χ4n) is 2.81. The van der Waals surface area contributed by atoms with E-state index in [4.69, 9.17) is 4.55 Å². The third-order valence-corrected chi connectivity index (χ3v) is 4.50. The number of aryl methyl sites for hydroxylation is 1. The van der Waals surface area contributed by atoms with Gasteiger partial charge in [0.2, 0.25) is 0 Å². The molecule has 0 saturated carbocycles. The molecule has 0 amide bonds. The monoisotopic (exact) mass is 302 g/mol. The molecule has 2 unspecified atom stereocenters. The van der Waals surface area contributed by atoms with E-state index in [0.717, 1.165) is 30.5 Å². The fourth-order valence-corrected chi connectivity index (χ4v) is 3.26. The van der Waals surface area contributed by atoms with Gasteiger partial charge in [-0.3, -0.25) is 4.98 Å². The lowest BCUT2D eigenvalue weighted by Crippen LogP contribution is -2.25. The van der Waals surface area contributed by atoms with Crippen molar-refractivity contribution in [3.63, 3.8) is 0 Å². The molecule has 0 spiro atoms. The molecule has 1 aromatic carbocycles. The van der Waals surface area contributed by atoms with Crippen molar-refractivity contribution in [2.45, 2.75) is 36.7 Å². The number of nitrogens with zero attached hydrogens (tertiary/aromatic N) is 1. The van der Waals surface area contributed by atoms with Crippen LogP contribution in [0, 0.1) is 0 Å². The Hall–Kier alpha value is -1.56. The zero-order valence-corrected chi connectivity index (χ0v) is 12.5. The Balaban J connectivity index is 1.71. The number of hydrogen-bond donors (Lipinski definition) is 2. The van der Waals surface area contributed by atoms with Crippen molar-refractivity contribution in [3.05, 3.63) is 59.4 Å². The standard InChI is InChI=1S/C16H18N2O2S/c19-21(20)14-7-1-4-12(10-14)11-18-15-8-2-5-13-6-3-9-17-16(13)15/h1,3-4,6-7,9-10,15,18H,2,5,8,11H2,(H,19,20). The minimum absolute atomic E-state index is 0.262. The molecule has 0 aliphatic heterocycles. The second kappa shape index (κ2) is 6.47. The number of aromatic nitrogens is 1. The number of hydrogen-bond acceptors (Lipinski definition) is 3. The molecule has 0 saturated heterocycles. The highest BCUT2D eigenvalue weighted by molar-refractivity contribution is 7.79. The van der Waals surface area contributed by atoms with Crippen LogP contribution in [0.1, 0.15) is 35.7 Å². The van der Waals surface area contributed by atoms with Crippen LogP contribution in [-0.2, 0) is 24.0 Å². The van der Waals surface area contributed by atoms with Crippen molar-refractivity contribution in [1.29, 1.82) is 0 Å². The van der Waals surface area contributed by atoms with Crippen molar-refractivity contribution in [1.82, 2.24) is 10.3 Å². The summed E-state index contributed by atoms with van der Waals surface area (Å²) in [5, 5.41) is 3.52. The molecule has 2 N–H and O–H groups in total. The molecule has 0 fully saturated rings. The summed E-state index contributed by atoms with van der Waals surface area (Å²) >= 11 is -1.92. The smallest absolute Gasteiger partial charge is 0.186 e. The lowest BCUT2D eigenvalue weighted by Gasteiger charge is -2.25. The summed E-state index contributed by atoms with van der Waals surface area (Å²) in [5.74, 6) is 0. The summed E-state index contributed by atoms with van der Waals surface area (Å²) in [5.41, 5.74) is 3.48. The van der Waals surface area contributed by atoms with Gasteiger partial charge in [-0.25, -0.2) is 4.21 Å². The number of nitrogens with one attached hydrogen (secondary N) is 1. The van der Waals surface area contributed by atoms with Crippen LogP contribution in [0.4, 0.5) is 0 Å². The van der Waals surface area contributed by atoms with Gasteiger partial charge in [0.25, 0.3) is 0 Å². The maximum atomic E-state index is 11.1. The Bertz CT molecular complexity index is 660. The zero-order chi connectivity index (χ0) is 14.7. The highest BCUT2D eigenvalue weighted by atomic mass is 32.2. The molecule has 0 bridgehead atoms. The zero-order valence-electron chi connectivity index (χ0n) is 11.7. The first-order valence-electron chi connectivity index (χ1n) is 7.11. The minimum Gasteiger partial charge on any atom is -0.305 e. The van der Waals surface area contributed by atoms with Crippen LogP contribution < -0.4 is 5.32 Å². The van der Waals surface area contributed by atoms with Gasteiger partial charge in [0, 0.05) is 12.7 Å². The van der Waals surface area contributed by atoms with Crippen molar-refractivity contribution >= 4 is 11.1 Å². The number of rotatable bonds is 4. The van der Waals surface area contributed by atoms with Crippen molar-refractivity contribution in [2.75, 3.05) is 0 Å². The predicted molar refractivity (Wildman–Crippen MR) is 82.2 cm³/mol. The highest BCUT2D eigenvalue weighted by Crippen LogP contribution is 2.27. The molecule has 1 heterocycles. The van der Waals surface area contributed by atoms with E-state index in [1.807, 2.05) is 24.4 Å². The Kier molecular flexibility index (Phi) is 4.43. The van der Waals surface area contributed by atoms with Gasteiger partial charge in [0.15, 0.2) is 11.1 Å². The third kappa shape index (κ3) is 3.37.